The van der Waals surface area contributed by atoms with Crippen molar-refractivity contribution in [2.45, 2.75) is 13.5 Å². The smallest absolute Gasteiger partial charge is 0.0415 e. The molecule has 72 valence electrons. The van der Waals surface area contributed by atoms with Crippen LogP contribution in [0.5, 0.6) is 0 Å². The van der Waals surface area contributed by atoms with Gasteiger partial charge >= 0.3 is 0 Å². The van der Waals surface area contributed by atoms with E-state index in [0.717, 1.165) is 12.2 Å². The molecule has 0 unspecified atom stereocenters. The van der Waals surface area contributed by atoms with Gasteiger partial charge in [0.05, 0.1) is 0 Å². The highest BCUT2D eigenvalue weighted by atomic mass is 14.9. The van der Waals surface area contributed by atoms with Gasteiger partial charge in [0.25, 0.3) is 0 Å². The van der Waals surface area contributed by atoms with Gasteiger partial charge < -0.3 is 10.3 Å². The highest BCUT2D eigenvalue weighted by Crippen LogP contribution is 2.10. The highest BCUT2D eigenvalue weighted by molar-refractivity contribution is 5.44. The summed E-state index contributed by atoms with van der Waals surface area (Å²) in [4.78, 5) is 3.04. The zero-order chi connectivity index (χ0) is 9.80. The average molecular weight is 186 g/mol. The summed E-state index contributed by atoms with van der Waals surface area (Å²) >= 11 is 0. The van der Waals surface area contributed by atoms with E-state index in [4.69, 9.17) is 0 Å². The Morgan fingerprint density at radius 2 is 1.93 bits per heavy atom. The minimum atomic E-state index is 0.868. The van der Waals surface area contributed by atoms with Crippen molar-refractivity contribution >= 4 is 5.69 Å². The quantitative estimate of drug-likeness (QED) is 0.757. The molecule has 2 aromatic rings. The first kappa shape index (κ1) is 8.88. The second-order valence-corrected chi connectivity index (χ2v) is 3.44. The van der Waals surface area contributed by atoms with Crippen LogP contribution in [0.1, 0.15) is 11.1 Å². The van der Waals surface area contributed by atoms with Crippen molar-refractivity contribution < 1.29 is 0 Å². The minimum Gasteiger partial charge on any atom is -0.381 e. The molecule has 2 heteroatoms. The molecule has 0 aliphatic carbocycles. The van der Waals surface area contributed by atoms with Crippen LogP contribution in [-0.2, 0) is 6.54 Å². The summed E-state index contributed by atoms with van der Waals surface area (Å²) in [6.45, 7) is 2.96. The molecule has 1 heterocycles. The molecular formula is C12H14N2. The van der Waals surface area contributed by atoms with Crippen LogP contribution in [0.25, 0.3) is 0 Å². The van der Waals surface area contributed by atoms with Gasteiger partial charge in [-0.1, -0.05) is 17.7 Å². The fourth-order valence-corrected chi connectivity index (χ4v) is 1.34. The number of H-pyrrole nitrogens is 1. The summed E-state index contributed by atoms with van der Waals surface area (Å²) in [5, 5.41) is 3.35. The first-order valence-electron chi connectivity index (χ1n) is 4.77. The first-order chi connectivity index (χ1) is 6.84. The van der Waals surface area contributed by atoms with Crippen LogP contribution in [0.2, 0.25) is 0 Å². The molecule has 2 N–H and O–H groups in total. The van der Waals surface area contributed by atoms with Crippen molar-refractivity contribution in [3.8, 4) is 0 Å². The fraction of sp³-hybridized carbons (Fsp3) is 0.167. The lowest BCUT2D eigenvalue weighted by molar-refractivity contribution is 1.15. The van der Waals surface area contributed by atoms with Gasteiger partial charge in [0, 0.05) is 24.6 Å². The molecule has 0 spiro atoms. The number of hydrogen-bond donors (Lipinski definition) is 2. The Hall–Kier alpha value is -1.70. The van der Waals surface area contributed by atoms with Crippen molar-refractivity contribution in [1.82, 2.24) is 4.98 Å². The molecule has 2 nitrogen and oxygen atoms in total. The summed E-state index contributed by atoms with van der Waals surface area (Å²) in [6.07, 6.45) is 3.94. The monoisotopic (exact) mass is 186 g/mol. The van der Waals surface area contributed by atoms with Crippen LogP contribution in [0.15, 0.2) is 42.7 Å². The van der Waals surface area contributed by atoms with Gasteiger partial charge in [-0.3, -0.25) is 0 Å². The summed E-state index contributed by atoms with van der Waals surface area (Å²) in [6, 6.07) is 10.5. The van der Waals surface area contributed by atoms with Crippen LogP contribution in [0.3, 0.4) is 0 Å². The van der Waals surface area contributed by atoms with Gasteiger partial charge in [-0.15, -0.1) is 0 Å². The molecule has 0 amide bonds. The topological polar surface area (TPSA) is 27.8 Å². The fourth-order valence-electron chi connectivity index (χ4n) is 1.34. The van der Waals surface area contributed by atoms with Gasteiger partial charge in [0.2, 0.25) is 0 Å². The Morgan fingerprint density at radius 1 is 1.14 bits per heavy atom. The van der Waals surface area contributed by atoms with Gasteiger partial charge in [-0.05, 0) is 30.7 Å². The van der Waals surface area contributed by atoms with E-state index in [2.05, 4.69) is 47.6 Å². The molecule has 1 aromatic carbocycles. The average Bonchev–Trinajstić information content (AvgIpc) is 2.70. The van der Waals surface area contributed by atoms with E-state index in [9.17, 15) is 0 Å². The van der Waals surface area contributed by atoms with Crippen molar-refractivity contribution in [3.05, 3.63) is 53.9 Å². The molecule has 0 aliphatic heterocycles. The second-order valence-electron chi connectivity index (χ2n) is 3.44. The molecule has 0 bridgehead atoms. The molecule has 0 fully saturated rings. The van der Waals surface area contributed by atoms with E-state index >= 15 is 0 Å². The predicted octanol–water partition coefficient (Wildman–Crippen LogP) is 2.94. The lowest BCUT2D eigenvalue weighted by Crippen LogP contribution is -1.97. The van der Waals surface area contributed by atoms with E-state index in [-0.39, 0.29) is 0 Å². The standard InChI is InChI=1S/C12H14N2/c1-10-2-4-12(5-3-10)14-9-11-6-7-13-8-11/h2-8,13-14H,9H2,1H3. The predicted molar refractivity (Wildman–Crippen MR) is 59.3 cm³/mol. The summed E-state index contributed by atoms with van der Waals surface area (Å²) < 4.78 is 0. The molecule has 1 aromatic heterocycles. The van der Waals surface area contributed by atoms with Crippen LogP contribution >= 0.6 is 0 Å². The number of benzene rings is 1. The van der Waals surface area contributed by atoms with Crippen molar-refractivity contribution in [1.29, 1.82) is 0 Å². The minimum absolute atomic E-state index is 0.868. The number of hydrogen-bond acceptors (Lipinski definition) is 1. The maximum atomic E-state index is 3.35. The Morgan fingerprint density at radius 3 is 2.57 bits per heavy atom. The van der Waals surface area contributed by atoms with E-state index in [0.29, 0.717) is 0 Å². The molecule has 2 rings (SSSR count). The summed E-state index contributed by atoms with van der Waals surface area (Å²) in [7, 11) is 0. The molecule has 0 radical (unpaired) electrons. The largest absolute Gasteiger partial charge is 0.381 e. The second kappa shape index (κ2) is 4.01. The zero-order valence-electron chi connectivity index (χ0n) is 8.25. The number of aryl methyl sites for hydroxylation is 1. The van der Waals surface area contributed by atoms with Gasteiger partial charge in [-0.25, -0.2) is 0 Å². The van der Waals surface area contributed by atoms with E-state index in [1.54, 1.807) is 0 Å². The lowest BCUT2D eigenvalue weighted by Gasteiger charge is -2.04. The highest BCUT2D eigenvalue weighted by Gasteiger charge is 1.93. The Labute approximate surface area is 84.0 Å². The molecule has 0 saturated carbocycles. The zero-order valence-corrected chi connectivity index (χ0v) is 8.25. The lowest BCUT2D eigenvalue weighted by atomic mass is 10.2. The third kappa shape index (κ3) is 2.16. The van der Waals surface area contributed by atoms with E-state index < -0.39 is 0 Å². The maximum absolute atomic E-state index is 3.35. The third-order valence-electron chi connectivity index (χ3n) is 2.21. The summed E-state index contributed by atoms with van der Waals surface area (Å²) in [5.41, 5.74) is 3.72. The third-order valence-corrected chi connectivity index (χ3v) is 2.21. The molecule has 0 atom stereocenters. The Kier molecular flexibility index (Phi) is 2.54. The molecule has 0 saturated heterocycles. The van der Waals surface area contributed by atoms with Gasteiger partial charge in [-0.2, -0.15) is 0 Å². The van der Waals surface area contributed by atoms with Crippen molar-refractivity contribution in [3.63, 3.8) is 0 Å². The summed E-state index contributed by atoms with van der Waals surface area (Å²) in [5.74, 6) is 0. The van der Waals surface area contributed by atoms with Crippen molar-refractivity contribution in [2.24, 2.45) is 0 Å². The van der Waals surface area contributed by atoms with E-state index in [1.807, 2.05) is 12.4 Å². The Balaban J connectivity index is 1.95. The van der Waals surface area contributed by atoms with Crippen molar-refractivity contribution in [2.75, 3.05) is 5.32 Å². The molecular weight excluding hydrogens is 172 g/mol. The van der Waals surface area contributed by atoms with Crippen LogP contribution < -0.4 is 5.32 Å². The molecule has 0 aliphatic rings. The van der Waals surface area contributed by atoms with E-state index in [1.165, 1.54) is 11.1 Å². The maximum Gasteiger partial charge on any atom is 0.0415 e. The van der Waals surface area contributed by atoms with Crippen LogP contribution in [0.4, 0.5) is 5.69 Å². The number of aromatic nitrogens is 1. The number of anilines is 1. The normalized spacial score (nSPS) is 10.1. The number of rotatable bonds is 3. The van der Waals surface area contributed by atoms with Crippen LogP contribution in [-0.4, -0.2) is 4.98 Å². The number of nitrogens with one attached hydrogen (secondary N) is 2. The first-order valence-corrected chi connectivity index (χ1v) is 4.77. The molecule has 14 heavy (non-hydrogen) atoms. The SMILES string of the molecule is Cc1ccc(NCc2cc[nH]c2)cc1. The van der Waals surface area contributed by atoms with Gasteiger partial charge in [0.1, 0.15) is 0 Å². The number of aromatic amines is 1. The van der Waals surface area contributed by atoms with Crippen LogP contribution in [0, 0.1) is 6.92 Å². The Bertz CT molecular complexity index is 373. The van der Waals surface area contributed by atoms with Gasteiger partial charge in [0.15, 0.2) is 0 Å².